The van der Waals surface area contributed by atoms with Crippen molar-refractivity contribution in [2.24, 2.45) is 0 Å². The highest BCUT2D eigenvalue weighted by Crippen LogP contribution is 2.16. The fourth-order valence-corrected chi connectivity index (χ4v) is 5.30. The van der Waals surface area contributed by atoms with E-state index in [1.165, 1.54) is 20.8 Å². The quantitative estimate of drug-likeness (QED) is 0.720. The highest BCUT2D eigenvalue weighted by Gasteiger charge is 2.34. The Kier molecular flexibility index (Phi) is 4.58. The third kappa shape index (κ3) is 2.95. The van der Waals surface area contributed by atoms with Crippen LogP contribution in [0.2, 0.25) is 0 Å². The molecule has 0 aromatic carbocycles. The van der Waals surface area contributed by atoms with E-state index in [0.717, 1.165) is 0 Å². The van der Waals surface area contributed by atoms with Crippen LogP contribution in [0.15, 0.2) is 0 Å². The number of rotatable bonds is 5. The van der Waals surface area contributed by atoms with Gasteiger partial charge in [0.1, 0.15) is 0 Å². The second-order valence-electron chi connectivity index (χ2n) is 3.57. The third-order valence-corrected chi connectivity index (χ3v) is 8.03. The molecular formula is C8H18O4S2. The van der Waals surface area contributed by atoms with E-state index in [9.17, 15) is 16.8 Å². The third-order valence-electron chi connectivity index (χ3n) is 2.11. The maximum absolute atomic E-state index is 11.6. The summed E-state index contributed by atoms with van der Waals surface area (Å²) in [5.74, 6) is -0.0693. The fourth-order valence-electron chi connectivity index (χ4n) is 1.04. The van der Waals surface area contributed by atoms with Gasteiger partial charge in [0.25, 0.3) is 0 Å². The highest BCUT2D eigenvalue weighted by atomic mass is 32.3. The van der Waals surface area contributed by atoms with Crippen molar-refractivity contribution in [2.75, 3.05) is 5.75 Å². The van der Waals surface area contributed by atoms with E-state index in [-0.39, 0.29) is 5.75 Å². The Morgan fingerprint density at radius 1 is 1.00 bits per heavy atom. The summed E-state index contributed by atoms with van der Waals surface area (Å²) < 4.78 is 44.9. The van der Waals surface area contributed by atoms with Gasteiger partial charge in [0, 0.05) is 0 Å². The lowest BCUT2D eigenvalue weighted by molar-refractivity contribution is 0.571. The van der Waals surface area contributed by atoms with E-state index >= 15 is 0 Å². The lowest BCUT2D eigenvalue weighted by Crippen LogP contribution is -2.34. The second-order valence-corrected chi connectivity index (χ2v) is 9.14. The molecule has 86 valence electrons. The number of sulfone groups is 2. The Morgan fingerprint density at radius 2 is 1.43 bits per heavy atom. The summed E-state index contributed by atoms with van der Waals surface area (Å²) in [6, 6.07) is 0. The first-order chi connectivity index (χ1) is 6.16. The molecule has 14 heavy (non-hydrogen) atoms. The Bertz CT molecular complexity index is 364. The van der Waals surface area contributed by atoms with Crippen LogP contribution >= 0.6 is 0 Å². The molecule has 0 aromatic heterocycles. The predicted molar refractivity (Wildman–Crippen MR) is 57.6 cm³/mol. The van der Waals surface area contributed by atoms with Crippen LogP contribution in [-0.2, 0) is 19.7 Å². The van der Waals surface area contributed by atoms with Crippen LogP contribution in [0.25, 0.3) is 0 Å². The first-order valence-corrected chi connectivity index (χ1v) is 7.93. The highest BCUT2D eigenvalue weighted by molar-refractivity contribution is 8.09. The molecule has 0 amide bonds. The van der Waals surface area contributed by atoms with Gasteiger partial charge >= 0.3 is 0 Å². The summed E-state index contributed by atoms with van der Waals surface area (Å²) in [6.45, 7) is 5.95. The Balaban J connectivity index is 5.08. The fraction of sp³-hybridized carbons (Fsp3) is 1.00. The number of hydrogen-bond acceptors (Lipinski definition) is 4. The molecule has 0 aromatic rings. The van der Waals surface area contributed by atoms with Gasteiger partial charge in [0.15, 0.2) is 24.3 Å². The van der Waals surface area contributed by atoms with Crippen LogP contribution in [0.5, 0.6) is 0 Å². The molecule has 4 nitrogen and oxygen atoms in total. The molecule has 0 fully saturated rings. The largest absolute Gasteiger partial charge is 0.228 e. The van der Waals surface area contributed by atoms with Crippen molar-refractivity contribution < 1.29 is 16.8 Å². The molecule has 0 bridgehead atoms. The van der Waals surface area contributed by atoms with Crippen molar-refractivity contribution in [1.29, 1.82) is 0 Å². The molecule has 0 radical (unpaired) electrons. The summed E-state index contributed by atoms with van der Waals surface area (Å²) in [4.78, 5) is 0. The molecule has 0 heterocycles. The van der Waals surface area contributed by atoms with Gasteiger partial charge < -0.3 is 0 Å². The van der Waals surface area contributed by atoms with E-state index in [4.69, 9.17) is 0 Å². The van der Waals surface area contributed by atoms with Crippen molar-refractivity contribution >= 4 is 19.7 Å². The maximum atomic E-state index is 11.6. The first kappa shape index (κ1) is 13.9. The van der Waals surface area contributed by atoms with Crippen molar-refractivity contribution in [2.45, 2.75) is 43.9 Å². The van der Waals surface area contributed by atoms with Gasteiger partial charge in [-0.1, -0.05) is 6.92 Å². The van der Waals surface area contributed by atoms with Crippen LogP contribution in [0, 0.1) is 0 Å². The van der Waals surface area contributed by atoms with Gasteiger partial charge in [-0.15, -0.1) is 0 Å². The lowest BCUT2D eigenvalue weighted by atomic mass is 10.6. The minimum Gasteiger partial charge on any atom is -0.228 e. The van der Waals surface area contributed by atoms with Gasteiger partial charge in [0.05, 0.1) is 11.0 Å². The molecule has 6 heteroatoms. The number of hydrogen-bond donors (Lipinski definition) is 0. The lowest BCUT2D eigenvalue weighted by Gasteiger charge is -2.15. The molecule has 0 aliphatic rings. The van der Waals surface area contributed by atoms with Crippen LogP contribution < -0.4 is 0 Å². The second kappa shape index (κ2) is 4.61. The topological polar surface area (TPSA) is 68.3 Å². The average molecular weight is 242 g/mol. The molecule has 1 atom stereocenters. The van der Waals surface area contributed by atoms with E-state index in [1.807, 2.05) is 0 Å². The molecule has 0 saturated heterocycles. The van der Waals surface area contributed by atoms with Crippen LogP contribution in [0.1, 0.15) is 34.1 Å². The zero-order valence-electron chi connectivity index (χ0n) is 9.02. The Hall–Kier alpha value is -0.100. The van der Waals surface area contributed by atoms with Gasteiger partial charge in [-0.05, 0) is 27.2 Å². The average Bonchev–Trinajstić information content (AvgIpc) is 2.02. The molecule has 0 N–H and O–H groups in total. The van der Waals surface area contributed by atoms with Crippen molar-refractivity contribution in [3.63, 3.8) is 0 Å². The van der Waals surface area contributed by atoms with E-state index in [0.29, 0.717) is 6.42 Å². The SMILES string of the molecule is CCCS(=O)(=O)C(C)S(=O)(=O)C(C)C. The summed E-state index contributed by atoms with van der Waals surface area (Å²) in [7, 11) is -7.05. The Morgan fingerprint density at radius 3 is 1.71 bits per heavy atom. The molecule has 0 aliphatic heterocycles. The van der Waals surface area contributed by atoms with Crippen molar-refractivity contribution in [3.05, 3.63) is 0 Å². The zero-order valence-corrected chi connectivity index (χ0v) is 10.7. The molecule has 1 unspecified atom stereocenters. The Labute approximate surface area is 86.5 Å². The smallest absolute Gasteiger partial charge is 0.169 e. The van der Waals surface area contributed by atoms with Crippen LogP contribution in [0.3, 0.4) is 0 Å². The van der Waals surface area contributed by atoms with E-state index in [2.05, 4.69) is 0 Å². The minimum atomic E-state index is -3.54. The summed E-state index contributed by atoms with van der Waals surface area (Å²) in [5.41, 5.74) is 0. The molecule has 0 spiro atoms. The maximum Gasteiger partial charge on any atom is 0.169 e. The standard InChI is InChI=1S/C8H18O4S2/c1-5-6-13(9,10)8(4)14(11,12)7(2)3/h7-8H,5-6H2,1-4H3. The van der Waals surface area contributed by atoms with Crippen LogP contribution in [-0.4, -0.2) is 32.4 Å². The van der Waals surface area contributed by atoms with Crippen molar-refractivity contribution in [3.8, 4) is 0 Å². The predicted octanol–water partition coefficient (Wildman–Crippen LogP) is 0.980. The molecule has 0 aliphatic carbocycles. The molecular weight excluding hydrogens is 224 g/mol. The monoisotopic (exact) mass is 242 g/mol. The summed E-state index contributed by atoms with van der Waals surface area (Å²) in [6.07, 6.45) is 0.445. The molecule has 0 saturated carbocycles. The first-order valence-electron chi connectivity index (χ1n) is 4.60. The van der Waals surface area contributed by atoms with E-state index < -0.39 is 29.5 Å². The van der Waals surface area contributed by atoms with Gasteiger partial charge in [-0.25, -0.2) is 16.8 Å². The van der Waals surface area contributed by atoms with Gasteiger partial charge in [-0.2, -0.15) is 0 Å². The minimum absolute atomic E-state index is 0.0693. The van der Waals surface area contributed by atoms with Crippen molar-refractivity contribution in [1.82, 2.24) is 0 Å². The summed E-state index contributed by atoms with van der Waals surface area (Å²) in [5, 5.41) is -0.649. The van der Waals surface area contributed by atoms with Gasteiger partial charge in [0.2, 0.25) is 0 Å². The summed E-state index contributed by atoms with van der Waals surface area (Å²) >= 11 is 0. The zero-order chi connectivity index (χ0) is 11.6. The normalized spacial score (nSPS) is 15.8. The van der Waals surface area contributed by atoms with E-state index in [1.54, 1.807) is 6.92 Å². The van der Waals surface area contributed by atoms with Gasteiger partial charge in [-0.3, -0.25) is 0 Å². The molecule has 0 rings (SSSR count). The van der Waals surface area contributed by atoms with Crippen LogP contribution in [0.4, 0.5) is 0 Å².